The van der Waals surface area contributed by atoms with E-state index in [1.807, 2.05) is 11.3 Å². The second-order valence-electron chi connectivity index (χ2n) is 15.3. The first-order valence-corrected chi connectivity index (χ1v) is 18.9. The number of rotatable bonds is 4. The van der Waals surface area contributed by atoms with Gasteiger partial charge in [0.1, 0.15) is 0 Å². The molecule has 2 aliphatic carbocycles. The van der Waals surface area contributed by atoms with Gasteiger partial charge in [0.2, 0.25) is 0 Å². The summed E-state index contributed by atoms with van der Waals surface area (Å²) in [6.07, 6.45) is 0. The van der Waals surface area contributed by atoms with Gasteiger partial charge in [-0.2, -0.15) is 0 Å². The summed E-state index contributed by atoms with van der Waals surface area (Å²) in [5, 5.41) is 2.62. The van der Waals surface area contributed by atoms with Crippen LogP contribution in [-0.4, -0.2) is 0 Å². The Morgan fingerprint density at radius 1 is 0.490 bits per heavy atom. The zero-order valence-corrected chi connectivity index (χ0v) is 30.5. The van der Waals surface area contributed by atoms with Crippen LogP contribution in [0.3, 0.4) is 0 Å². The molecule has 0 saturated carbocycles. The van der Waals surface area contributed by atoms with Crippen molar-refractivity contribution < 1.29 is 0 Å². The van der Waals surface area contributed by atoms with Crippen molar-refractivity contribution in [3.63, 3.8) is 0 Å². The minimum absolute atomic E-state index is 0.223. The molecule has 1 aromatic heterocycles. The second kappa shape index (κ2) is 10.8. The van der Waals surface area contributed by atoms with Gasteiger partial charge in [-0.1, -0.05) is 143 Å². The van der Waals surface area contributed by atoms with E-state index in [1.165, 1.54) is 98.4 Å². The number of anilines is 3. The molecule has 2 aliphatic rings. The van der Waals surface area contributed by atoms with Crippen molar-refractivity contribution in [3.05, 3.63) is 173 Å². The lowest BCUT2D eigenvalue weighted by Crippen LogP contribution is -2.26. The van der Waals surface area contributed by atoms with Crippen molar-refractivity contribution in [1.29, 1.82) is 0 Å². The molecule has 0 atom stereocenters. The summed E-state index contributed by atoms with van der Waals surface area (Å²) in [5.74, 6) is 0. The molecule has 0 N–H and O–H groups in total. The largest absolute Gasteiger partial charge is 0.309 e. The predicted octanol–water partition coefficient (Wildman–Crippen LogP) is 14.1. The van der Waals surface area contributed by atoms with E-state index < -0.39 is 0 Å². The van der Waals surface area contributed by atoms with E-state index in [0.29, 0.717) is 0 Å². The van der Waals surface area contributed by atoms with Gasteiger partial charge in [-0.05, 0) is 98.5 Å². The third-order valence-electron chi connectivity index (χ3n) is 11.8. The fourth-order valence-corrected chi connectivity index (χ4v) is 10.6. The highest BCUT2D eigenvalue weighted by molar-refractivity contribution is 7.26. The van der Waals surface area contributed by atoms with Crippen LogP contribution in [0.5, 0.6) is 0 Å². The van der Waals surface area contributed by atoms with Crippen LogP contribution in [0.25, 0.3) is 53.6 Å². The lowest BCUT2D eigenvalue weighted by atomic mass is 9.74. The van der Waals surface area contributed by atoms with Crippen LogP contribution in [0, 0.1) is 6.92 Å². The number of hydrogen-bond acceptors (Lipinski definition) is 2. The van der Waals surface area contributed by atoms with Crippen LogP contribution in [0.1, 0.15) is 55.5 Å². The van der Waals surface area contributed by atoms with E-state index in [0.717, 1.165) is 0 Å². The molecule has 1 heterocycles. The Hall–Kier alpha value is -5.44. The van der Waals surface area contributed by atoms with Gasteiger partial charge in [0.25, 0.3) is 0 Å². The number of thiophene rings is 1. The molecule has 2 heteroatoms. The van der Waals surface area contributed by atoms with Crippen molar-refractivity contribution >= 4 is 48.6 Å². The third-order valence-corrected chi connectivity index (χ3v) is 12.9. The first-order chi connectivity index (χ1) is 24.8. The van der Waals surface area contributed by atoms with Gasteiger partial charge >= 0.3 is 0 Å². The number of fused-ring (bicyclic) bond motifs is 9. The van der Waals surface area contributed by atoms with Crippen molar-refractivity contribution in [2.24, 2.45) is 0 Å². The zero-order chi connectivity index (χ0) is 34.6. The minimum Gasteiger partial charge on any atom is -0.309 e. The molecule has 7 aromatic carbocycles. The quantitative estimate of drug-likeness (QED) is 0.180. The molecule has 0 radical (unpaired) electrons. The molecule has 51 heavy (non-hydrogen) atoms. The monoisotopic (exact) mass is 673 g/mol. The average molecular weight is 674 g/mol. The second-order valence-corrected chi connectivity index (χ2v) is 16.4. The molecule has 0 unspecified atom stereocenters. The number of benzene rings is 7. The van der Waals surface area contributed by atoms with Crippen molar-refractivity contribution in [2.75, 3.05) is 4.90 Å². The Kier molecular flexibility index (Phi) is 6.42. The molecule has 0 saturated heterocycles. The third kappa shape index (κ3) is 4.14. The summed E-state index contributed by atoms with van der Waals surface area (Å²) >= 11 is 1.89. The maximum Gasteiger partial charge on any atom is 0.0556 e. The van der Waals surface area contributed by atoms with Crippen molar-refractivity contribution in [3.8, 4) is 33.4 Å². The SMILES string of the molecule is Cc1c2c(c(N(c3ccc(-c4ccccc4)cc3)c3cccc4sc5ccccc5c34)c3c1-c1ccccc1C3(C)C)C(C)(C)c1ccccc1-2. The zero-order valence-electron chi connectivity index (χ0n) is 29.7. The summed E-state index contributed by atoms with van der Waals surface area (Å²) in [4.78, 5) is 2.65. The topological polar surface area (TPSA) is 3.24 Å². The van der Waals surface area contributed by atoms with E-state index >= 15 is 0 Å². The van der Waals surface area contributed by atoms with E-state index in [9.17, 15) is 0 Å². The molecule has 0 spiro atoms. The van der Waals surface area contributed by atoms with Crippen LogP contribution in [0.2, 0.25) is 0 Å². The summed E-state index contributed by atoms with van der Waals surface area (Å²) in [6, 6.07) is 54.1. The molecule has 0 bridgehead atoms. The molecular weight excluding hydrogens is 635 g/mol. The molecule has 0 fully saturated rings. The molecular formula is C49H39NS. The molecule has 8 aromatic rings. The van der Waals surface area contributed by atoms with Crippen LogP contribution in [0.4, 0.5) is 17.1 Å². The molecule has 1 nitrogen and oxygen atoms in total. The lowest BCUT2D eigenvalue weighted by molar-refractivity contribution is 0.640. The van der Waals surface area contributed by atoms with Crippen LogP contribution < -0.4 is 4.90 Å². The minimum atomic E-state index is -0.223. The first kappa shape index (κ1) is 30.4. The van der Waals surface area contributed by atoms with Gasteiger partial charge in [-0.3, -0.25) is 0 Å². The molecule has 246 valence electrons. The van der Waals surface area contributed by atoms with E-state index in [2.05, 4.69) is 185 Å². The molecule has 0 amide bonds. The standard InChI is InChI=1S/C49H39NS/c1-30-42-34-18-9-12-21-37(34)48(2,3)45(42)47(46-43(30)35-19-10-13-22-38(35)49(46,4)5)50(33-28-26-32(27-29-33)31-16-7-6-8-17-31)39-23-15-25-41-44(39)36-20-11-14-24-40(36)51-41/h6-29H,1-5H3. The predicted molar refractivity (Wildman–Crippen MR) is 219 cm³/mol. The smallest absolute Gasteiger partial charge is 0.0556 e. The van der Waals surface area contributed by atoms with Gasteiger partial charge in [0.15, 0.2) is 0 Å². The Balaban J connectivity index is 1.38. The van der Waals surface area contributed by atoms with Crippen molar-refractivity contribution in [2.45, 2.75) is 45.4 Å². The van der Waals surface area contributed by atoms with Crippen LogP contribution in [0.15, 0.2) is 146 Å². The fraction of sp³-hybridized carbons (Fsp3) is 0.143. The highest BCUT2D eigenvalue weighted by atomic mass is 32.1. The van der Waals surface area contributed by atoms with E-state index in [1.54, 1.807) is 0 Å². The highest BCUT2D eigenvalue weighted by Gasteiger charge is 2.48. The Morgan fingerprint density at radius 3 is 1.67 bits per heavy atom. The van der Waals surface area contributed by atoms with Gasteiger partial charge in [0, 0.05) is 36.7 Å². The van der Waals surface area contributed by atoms with Gasteiger partial charge in [-0.25, -0.2) is 0 Å². The fourth-order valence-electron chi connectivity index (χ4n) is 9.50. The van der Waals surface area contributed by atoms with E-state index in [-0.39, 0.29) is 10.8 Å². The maximum absolute atomic E-state index is 2.65. The lowest BCUT2D eigenvalue weighted by Gasteiger charge is -2.38. The number of hydrogen-bond donors (Lipinski definition) is 0. The van der Waals surface area contributed by atoms with Gasteiger partial charge < -0.3 is 4.90 Å². The summed E-state index contributed by atoms with van der Waals surface area (Å²) < 4.78 is 2.63. The van der Waals surface area contributed by atoms with E-state index in [4.69, 9.17) is 0 Å². The van der Waals surface area contributed by atoms with Crippen molar-refractivity contribution in [1.82, 2.24) is 0 Å². The van der Waals surface area contributed by atoms with Crippen LogP contribution in [-0.2, 0) is 10.8 Å². The Labute approximate surface area is 304 Å². The summed E-state index contributed by atoms with van der Waals surface area (Å²) in [5.41, 5.74) is 18.3. The summed E-state index contributed by atoms with van der Waals surface area (Å²) in [6.45, 7) is 12.2. The normalized spacial score (nSPS) is 14.7. The van der Waals surface area contributed by atoms with Crippen LogP contribution >= 0.6 is 11.3 Å². The number of nitrogens with zero attached hydrogens (tertiary/aromatic N) is 1. The first-order valence-electron chi connectivity index (χ1n) is 18.0. The Bertz CT molecular complexity index is 2610. The molecule has 10 rings (SSSR count). The summed E-state index contributed by atoms with van der Waals surface area (Å²) in [7, 11) is 0. The Morgan fingerprint density at radius 2 is 1.02 bits per heavy atom. The maximum atomic E-state index is 2.65. The average Bonchev–Trinajstić information content (AvgIpc) is 3.74. The van der Waals surface area contributed by atoms with Gasteiger partial charge in [-0.15, -0.1) is 11.3 Å². The van der Waals surface area contributed by atoms with Gasteiger partial charge in [0.05, 0.1) is 11.4 Å². The highest BCUT2D eigenvalue weighted by Crippen LogP contribution is 2.64. The molecule has 0 aliphatic heterocycles.